The van der Waals surface area contributed by atoms with Gasteiger partial charge in [0.15, 0.2) is 0 Å². The van der Waals surface area contributed by atoms with Gasteiger partial charge in [-0.1, -0.05) is 22.0 Å². The van der Waals surface area contributed by atoms with Crippen molar-refractivity contribution in [1.82, 2.24) is 4.98 Å². The lowest BCUT2D eigenvalue weighted by Crippen LogP contribution is -2.21. The third-order valence-corrected chi connectivity index (χ3v) is 3.66. The van der Waals surface area contributed by atoms with Crippen LogP contribution in [0, 0.1) is 17.2 Å². The van der Waals surface area contributed by atoms with E-state index >= 15 is 0 Å². The fourth-order valence-electron chi connectivity index (χ4n) is 2.03. The SMILES string of the molecule is N#Cc1cc(Br)ccc1NC[C@@H](CO)Cc1ccccn1. The van der Waals surface area contributed by atoms with E-state index in [2.05, 4.69) is 32.3 Å². The number of aliphatic hydroxyl groups excluding tert-OH is 1. The van der Waals surface area contributed by atoms with E-state index in [1.54, 1.807) is 12.3 Å². The summed E-state index contributed by atoms with van der Waals surface area (Å²) in [7, 11) is 0. The highest BCUT2D eigenvalue weighted by Crippen LogP contribution is 2.20. The molecule has 5 heteroatoms. The Morgan fingerprint density at radius 1 is 1.33 bits per heavy atom. The Labute approximate surface area is 132 Å². The molecule has 0 saturated heterocycles. The van der Waals surface area contributed by atoms with Crippen LogP contribution in [0.25, 0.3) is 0 Å². The van der Waals surface area contributed by atoms with E-state index in [0.29, 0.717) is 18.5 Å². The molecule has 0 amide bonds. The van der Waals surface area contributed by atoms with Crippen LogP contribution in [-0.4, -0.2) is 23.2 Å². The molecule has 2 aromatic rings. The standard InChI is InChI=1S/C16H16BrN3O/c17-14-4-5-16(13(8-14)9-18)20-10-12(11-21)7-15-3-1-2-6-19-15/h1-6,8,12,20-21H,7,10-11H2/t12-/m0/s1. The van der Waals surface area contributed by atoms with Gasteiger partial charge >= 0.3 is 0 Å². The van der Waals surface area contributed by atoms with Gasteiger partial charge in [-0.25, -0.2) is 0 Å². The average molecular weight is 346 g/mol. The van der Waals surface area contributed by atoms with Crippen molar-refractivity contribution in [1.29, 1.82) is 5.26 Å². The van der Waals surface area contributed by atoms with Crippen molar-refractivity contribution in [2.45, 2.75) is 6.42 Å². The molecular weight excluding hydrogens is 330 g/mol. The Balaban J connectivity index is 1.99. The average Bonchev–Trinajstić information content (AvgIpc) is 2.53. The molecule has 1 heterocycles. The van der Waals surface area contributed by atoms with Crippen LogP contribution in [0.15, 0.2) is 47.1 Å². The molecule has 0 fully saturated rings. The maximum Gasteiger partial charge on any atom is 0.101 e. The second-order valence-corrected chi connectivity index (χ2v) is 5.67. The number of hydrogen-bond acceptors (Lipinski definition) is 4. The maximum atomic E-state index is 9.50. The van der Waals surface area contributed by atoms with E-state index < -0.39 is 0 Å². The molecule has 0 bridgehead atoms. The fourth-order valence-corrected chi connectivity index (χ4v) is 2.39. The molecule has 0 radical (unpaired) electrons. The third-order valence-electron chi connectivity index (χ3n) is 3.17. The number of aliphatic hydroxyl groups is 1. The summed E-state index contributed by atoms with van der Waals surface area (Å²) in [5.41, 5.74) is 2.31. The number of benzene rings is 1. The van der Waals surface area contributed by atoms with Crippen molar-refractivity contribution in [3.63, 3.8) is 0 Å². The summed E-state index contributed by atoms with van der Waals surface area (Å²) >= 11 is 3.35. The molecule has 0 spiro atoms. The highest BCUT2D eigenvalue weighted by Gasteiger charge is 2.10. The molecule has 0 saturated carbocycles. The van der Waals surface area contributed by atoms with Crippen molar-refractivity contribution >= 4 is 21.6 Å². The van der Waals surface area contributed by atoms with Gasteiger partial charge in [-0.3, -0.25) is 4.98 Å². The minimum atomic E-state index is 0.0510. The fraction of sp³-hybridized carbons (Fsp3) is 0.250. The zero-order valence-electron chi connectivity index (χ0n) is 11.5. The molecule has 1 atom stereocenters. The Bertz CT molecular complexity index is 625. The number of halogens is 1. The van der Waals surface area contributed by atoms with Crippen molar-refractivity contribution in [3.8, 4) is 6.07 Å². The molecule has 1 aromatic heterocycles. The molecule has 0 unspecified atom stereocenters. The Morgan fingerprint density at radius 3 is 2.86 bits per heavy atom. The maximum absolute atomic E-state index is 9.50. The number of nitrogens with one attached hydrogen (secondary N) is 1. The summed E-state index contributed by atoms with van der Waals surface area (Å²) in [5, 5.41) is 21.9. The second kappa shape index (κ2) is 7.77. The van der Waals surface area contributed by atoms with E-state index in [1.165, 1.54) is 0 Å². The van der Waals surface area contributed by atoms with Gasteiger partial charge in [0.25, 0.3) is 0 Å². The number of aromatic nitrogens is 1. The van der Waals surface area contributed by atoms with Gasteiger partial charge in [0.1, 0.15) is 6.07 Å². The first-order valence-electron chi connectivity index (χ1n) is 6.67. The summed E-state index contributed by atoms with van der Waals surface area (Å²) in [6.07, 6.45) is 2.45. The van der Waals surface area contributed by atoms with Crippen molar-refractivity contribution in [3.05, 3.63) is 58.3 Å². The van der Waals surface area contributed by atoms with Crippen LogP contribution in [0.2, 0.25) is 0 Å². The normalized spacial score (nSPS) is 11.7. The van der Waals surface area contributed by atoms with Gasteiger partial charge < -0.3 is 10.4 Å². The number of anilines is 1. The summed E-state index contributed by atoms with van der Waals surface area (Å²) < 4.78 is 0.872. The molecule has 2 N–H and O–H groups in total. The second-order valence-electron chi connectivity index (χ2n) is 4.76. The van der Waals surface area contributed by atoms with Crippen molar-refractivity contribution in [2.75, 3.05) is 18.5 Å². The van der Waals surface area contributed by atoms with Crippen LogP contribution in [0.1, 0.15) is 11.3 Å². The molecule has 1 aromatic carbocycles. The largest absolute Gasteiger partial charge is 0.396 e. The van der Waals surface area contributed by atoms with E-state index in [1.807, 2.05) is 30.3 Å². The molecule has 4 nitrogen and oxygen atoms in total. The van der Waals surface area contributed by atoms with E-state index in [0.717, 1.165) is 15.9 Å². The molecule has 0 aliphatic rings. The van der Waals surface area contributed by atoms with Crippen LogP contribution in [0.5, 0.6) is 0 Å². The quantitative estimate of drug-likeness (QED) is 0.844. The predicted molar refractivity (Wildman–Crippen MR) is 85.9 cm³/mol. The van der Waals surface area contributed by atoms with Crippen molar-refractivity contribution < 1.29 is 5.11 Å². The summed E-state index contributed by atoms with van der Waals surface area (Å²) in [6, 6.07) is 13.4. The predicted octanol–water partition coefficient (Wildman–Crippen LogP) is 2.98. The minimum absolute atomic E-state index is 0.0510. The van der Waals surface area contributed by atoms with Gasteiger partial charge in [0, 0.05) is 35.4 Å². The van der Waals surface area contributed by atoms with Gasteiger partial charge in [-0.15, -0.1) is 0 Å². The van der Waals surface area contributed by atoms with Gasteiger partial charge in [0.2, 0.25) is 0 Å². The number of nitriles is 1. The number of nitrogens with zero attached hydrogens (tertiary/aromatic N) is 2. The molecule has 0 aliphatic heterocycles. The molecular formula is C16H16BrN3O. The lowest BCUT2D eigenvalue weighted by atomic mass is 10.0. The lowest BCUT2D eigenvalue weighted by molar-refractivity contribution is 0.232. The Morgan fingerprint density at radius 2 is 2.19 bits per heavy atom. The first kappa shape index (κ1) is 15.5. The zero-order chi connectivity index (χ0) is 15.1. The monoisotopic (exact) mass is 345 g/mol. The number of hydrogen-bond donors (Lipinski definition) is 2. The molecule has 2 rings (SSSR count). The van der Waals surface area contributed by atoms with Gasteiger partial charge in [-0.05, 0) is 36.8 Å². The first-order valence-corrected chi connectivity index (χ1v) is 7.46. The van der Waals surface area contributed by atoms with Gasteiger partial charge in [-0.2, -0.15) is 5.26 Å². The first-order chi connectivity index (χ1) is 10.2. The minimum Gasteiger partial charge on any atom is -0.396 e. The van der Waals surface area contributed by atoms with Crippen LogP contribution in [0.3, 0.4) is 0 Å². The van der Waals surface area contributed by atoms with Crippen LogP contribution in [0.4, 0.5) is 5.69 Å². The number of rotatable bonds is 6. The third kappa shape index (κ3) is 4.55. The van der Waals surface area contributed by atoms with Gasteiger partial charge in [0.05, 0.1) is 11.3 Å². The highest BCUT2D eigenvalue weighted by molar-refractivity contribution is 9.10. The van der Waals surface area contributed by atoms with Crippen LogP contribution in [-0.2, 0) is 6.42 Å². The summed E-state index contributed by atoms with van der Waals surface area (Å²) in [5.74, 6) is 0.0510. The zero-order valence-corrected chi connectivity index (χ0v) is 13.0. The Hall–Kier alpha value is -1.90. The van der Waals surface area contributed by atoms with Crippen molar-refractivity contribution in [2.24, 2.45) is 5.92 Å². The Kier molecular flexibility index (Phi) is 5.73. The smallest absolute Gasteiger partial charge is 0.101 e. The van der Waals surface area contributed by atoms with Crippen LogP contribution >= 0.6 is 15.9 Å². The highest BCUT2D eigenvalue weighted by atomic mass is 79.9. The lowest BCUT2D eigenvalue weighted by Gasteiger charge is -2.16. The summed E-state index contributed by atoms with van der Waals surface area (Å²) in [6.45, 7) is 0.658. The molecule has 108 valence electrons. The van der Waals surface area contributed by atoms with Crippen LogP contribution < -0.4 is 5.32 Å². The van der Waals surface area contributed by atoms with E-state index in [-0.39, 0.29) is 12.5 Å². The molecule has 21 heavy (non-hydrogen) atoms. The van der Waals surface area contributed by atoms with E-state index in [4.69, 9.17) is 5.26 Å². The number of pyridine rings is 1. The topological polar surface area (TPSA) is 68.9 Å². The van der Waals surface area contributed by atoms with E-state index in [9.17, 15) is 5.11 Å². The molecule has 0 aliphatic carbocycles. The summed E-state index contributed by atoms with van der Waals surface area (Å²) in [4.78, 5) is 4.27.